The Morgan fingerprint density at radius 2 is 0.491 bits per heavy atom. The predicted molar refractivity (Wildman–Crippen MR) is 198 cm³/mol. The minimum absolute atomic E-state index is 0. The maximum atomic E-state index is 10.9. The standard InChI is InChI=1S/4C10H16O4.Ti/c4*1-6(2)5-14-8(4)9(7(3)11)10(12)13;/h4*8-9H,1,5H2,2-4H3,(H,12,13);/q;;;;+4/p-4. The first-order chi connectivity index (χ1) is 25.4. The molecule has 0 rings (SSSR count). The number of carbonyl (C=O) groups excluding carboxylic acids is 8. The predicted octanol–water partition coefficient (Wildman–Crippen LogP) is -0.312. The van der Waals surface area contributed by atoms with Crippen molar-refractivity contribution in [3.05, 3.63) is 48.6 Å². The van der Waals surface area contributed by atoms with Crippen LogP contribution >= 0.6 is 0 Å². The molecule has 0 heterocycles. The summed E-state index contributed by atoms with van der Waals surface area (Å²) in [5.41, 5.74) is 3.10. The Hall–Kier alpha value is -3.93. The summed E-state index contributed by atoms with van der Waals surface area (Å²) in [5, 5.41) is 42.4. The molecule has 8 atom stereocenters. The quantitative estimate of drug-likeness (QED) is 0.0685. The Morgan fingerprint density at radius 3 is 0.561 bits per heavy atom. The number of hydrogen-bond donors (Lipinski definition) is 0. The molecule has 0 bridgehead atoms. The van der Waals surface area contributed by atoms with Crippen molar-refractivity contribution in [2.45, 2.75) is 108 Å². The van der Waals surface area contributed by atoms with E-state index in [1.807, 2.05) is 0 Å². The molecule has 16 nitrogen and oxygen atoms in total. The second-order valence-corrected chi connectivity index (χ2v) is 13.5. The number of aliphatic carboxylic acids is 4. The van der Waals surface area contributed by atoms with Gasteiger partial charge in [-0.15, -0.1) is 0 Å². The number of Topliss-reactive ketones (excluding diaryl/α,β-unsaturated/α-hetero) is 4. The summed E-state index contributed by atoms with van der Waals surface area (Å²) < 4.78 is 20.6. The zero-order valence-electron chi connectivity index (χ0n) is 35.3. The van der Waals surface area contributed by atoms with Crippen molar-refractivity contribution in [1.29, 1.82) is 0 Å². The first-order valence-corrected chi connectivity index (χ1v) is 17.3. The fourth-order valence-corrected chi connectivity index (χ4v) is 4.23. The van der Waals surface area contributed by atoms with Gasteiger partial charge in [0.1, 0.15) is 23.1 Å². The summed E-state index contributed by atoms with van der Waals surface area (Å²) >= 11 is 0. The number of carbonyl (C=O) groups is 8. The summed E-state index contributed by atoms with van der Waals surface area (Å²) in [6.07, 6.45) is -2.74. The van der Waals surface area contributed by atoms with Gasteiger partial charge in [-0.3, -0.25) is 19.2 Å². The van der Waals surface area contributed by atoms with E-state index in [0.717, 1.165) is 22.3 Å². The van der Waals surface area contributed by atoms with Crippen LogP contribution in [0.15, 0.2) is 48.6 Å². The fourth-order valence-electron chi connectivity index (χ4n) is 4.23. The summed E-state index contributed by atoms with van der Waals surface area (Å²) in [7, 11) is 0. The van der Waals surface area contributed by atoms with Crippen molar-refractivity contribution in [3.63, 3.8) is 0 Å². The van der Waals surface area contributed by atoms with Crippen molar-refractivity contribution in [2.75, 3.05) is 26.4 Å². The van der Waals surface area contributed by atoms with Crippen LogP contribution in [0.3, 0.4) is 0 Å². The number of ketones is 4. The van der Waals surface area contributed by atoms with Crippen LogP contribution in [-0.4, -0.2) is 97.9 Å². The molecule has 0 radical (unpaired) electrons. The molecule has 0 N–H and O–H groups in total. The van der Waals surface area contributed by atoms with Crippen molar-refractivity contribution < 1.29 is 99.4 Å². The maximum Gasteiger partial charge on any atom is 4.00 e. The van der Waals surface area contributed by atoms with E-state index in [-0.39, 0.29) is 48.1 Å². The number of carboxylic acid groups (broad SMARTS) is 4. The molecule has 0 aromatic heterocycles. The van der Waals surface area contributed by atoms with Crippen molar-refractivity contribution in [2.24, 2.45) is 23.7 Å². The summed E-state index contributed by atoms with van der Waals surface area (Å²) in [6, 6.07) is 0. The molecule has 0 aromatic carbocycles. The van der Waals surface area contributed by atoms with Crippen LogP contribution in [0, 0.1) is 23.7 Å². The SMILES string of the molecule is C=C(C)COC(C)C(C(C)=O)C(=O)[O-].C=C(C)COC(C)C(C(C)=O)C(=O)[O-].C=C(C)COC(C)C(C(C)=O)C(=O)[O-].C=C(C)COC(C)C(C(C)=O)C(=O)[O-].[Ti+4]. The van der Waals surface area contributed by atoms with Crippen LogP contribution in [-0.2, 0) is 79.0 Å². The molecule has 0 spiro atoms. The fraction of sp³-hybridized carbons (Fsp3) is 0.600. The molecule has 0 aliphatic heterocycles. The maximum absolute atomic E-state index is 10.9. The van der Waals surface area contributed by atoms with E-state index in [9.17, 15) is 58.8 Å². The van der Waals surface area contributed by atoms with Gasteiger partial charge in [-0.2, -0.15) is 0 Å². The first kappa shape index (κ1) is 62.3. The molecule has 17 heteroatoms. The molecule has 0 saturated heterocycles. The van der Waals surface area contributed by atoms with Crippen LogP contribution < -0.4 is 20.4 Å². The number of carboxylic acids is 4. The van der Waals surface area contributed by atoms with Crippen molar-refractivity contribution >= 4 is 47.0 Å². The third-order valence-corrected chi connectivity index (χ3v) is 7.02. The zero-order chi connectivity index (χ0) is 45.2. The Balaban J connectivity index is -0.000000210. The Kier molecular flexibility index (Phi) is 36.1. The van der Waals surface area contributed by atoms with Gasteiger partial charge < -0.3 is 58.6 Å². The first-order valence-electron chi connectivity index (χ1n) is 17.3. The van der Waals surface area contributed by atoms with E-state index < -0.39 is 95.1 Å². The van der Waals surface area contributed by atoms with E-state index in [4.69, 9.17) is 18.9 Å². The van der Waals surface area contributed by atoms with Gasteiger partial charge in [-0.25, -0.2) is 0 Å². The molecule has 57 heavy (non-hydrogen) atoms. The average Bonchev–Trinajstić information content (AvgIpc) is 3.00. The van der Waals surface area contributed by atoms with Gasteiger partial charge in [0.15, 0.2) is 0 Å². The normalized spacial score (nSPS) is 14.2. The minimum atomic E-state index is -1.40. The molecule has 0 aliphatic carbocycles. The Morgan fingerprint density at radius 1 is 0.368 bits per heavy atom. The number of hydrogen-bond acceptors (Lipinski definition) is 16. The van der Waals surface area contributed by atoms with E-state index in [1.54, 1.807) is 27.7 Å². The average molecular weight is 845 g/mol. The molecule has 320 valence electrons. The van der Waals surface area contributed by atoms with Crippen molar-refractivity contribution in [1.82, 2.24) is 0 Å². The number of ether oxygens (including phenoxy) is 4. The molecule has 0 aromatic rings. The molecule has 0 aliphatic rings. The smallest absolute Gasteiger partial charge is 0.549 e. The molecular formula is C40H60O16Ti. The van der Waals surface area contributed by atoms with Gasteiger partial charge in [0.25, 0.3) is 0 Å². The van der Waals surface area contributed by atoms with Gasteiger partial charge in [-0.1, -0.05) is 48.6 Å². The molecular weight excluding hydrogens is 784 g/mol. The van der Waals surface area contributed by atoms with Crippen LogP contribution in [0.25, 0.3) is 0 Å². The van der Waals surface area contributed by atoms with Gasteiger partial charge >= 0.3 is 21.7 Å². The van der Waals surface area contributed by atoms with Crippen molar-refractivity contribution in [3.8, 4) is 0 Å². The Labute approximate surface area is 351 Å². The van der Waals surface area contributed by atoms with E-state index in [2.05, 4.69) is 26.3 Å². The second-order valence-electron chi connectivity index (χ2n) is 13.5. The van der Waals surface area contributed by atoms with Gasteiger partial charge in [0, 0.05) is 0 Å². The van der Waals surface area contributed by atoms with Gasteiger partial charge in [0.2, 0.25) is 0 Å². The van der Waals surface area contributed by atoms with E-state index >= 15 is 0 Å². The minimum Gasteiger partial charge on any atom is -0.549 e. The van der Waals surface area contributed by atoms with E-state index in [0.29, 0.717) is 0 Å². The monoisotopic (exact) mass is 844 g/mol. The summed E-state index contributed by atoms with van der Waals surface area (Å²) in [6.45, 7) is 33.4. The number of rotatable bonds is 24. The molecule has 0 saturated carbocycles. The molecule has 0 amide bonds. The summed E-state index contributed by atoms with van der Waals surface area (Å²) in [4.78, 5) is 86.2. The van der Waals surface area contributed by atoms with Gasteiger partial charge in [0.05, 0.1) is 98.4 Å². The topological polar surface area (TPSA) is 266 Å². The third kappa shape index (κ3) is 31.8. The van der Waals surface area contributed by atoms with Crippen LogP contribution in [0.4, 0.5) is 0 Å². The zero-order valence-corrected chi connectivity index (χ0v) is 36.9. The summed E-state index contributed by atoms with van der Waals surface area (Å²) in [5.74, 6) is -12.2. The molecule has 8 unspecified atom stereocenters. The third-order valence-electron chi connectivity index (χ3n) is 7.02. The van der Waals surface area contributed by atoms with Crippen LogP contribution in [0.5, 0.6) is 0 Å². The van der Waals surface area contributed by atoms with E-state index in [1.165, 1.54) is 55.4 Å². The van der Waals surface area contributed by atoms with Gasteiger partial charge in [-0.05, 0) is 83.1 Å². The second kappa shape index (κ2) is 33.1. The molecule has 0 fully saturated rings. The van der Waals surface area contributed by atoms with Crippen LogP contribution in [0.1, 0.15) is 83.1 Å². The largest absolute Gasteiger partial charge is 4.00 e. The Bertz CT molecular complexity index is 1140. The van der Waals surface area contributed by atoms with Crippen LogP contribution in [0.2, 0.25) is 0 Å².